The predicted molar refractivity (Wildman–Crippen MR) is 310 cm³/mol. The lowest BCUT2D eigenvalue weighted by atomic mass is 9.96. The average Bonchev–Trinajstić information content (AvgIpc) is 3.50. The lowest BCUT2D eigenvalue weighted by Crippen LogP contribution is -2.66. The molecule has 17 atom stereocenters. The third-order valence-corrected chi connectivity index (χ3v) is 16.9. The van der Waals surface area contributed by atoms with Gasteiger partial charge in [0.25, 0.3) is 0 Å². The fourth-order valence-electron chi connectivity index (χ4n) is 11.5. The van der Waals surface area contributed by atoms with Gasteiger partial charge in [0, 0.05) is 12.8 Å². The highest BCUT2D eigenvalue weighted by atomic mass is 16.8. The summed E-state index contributed by atoms with van der Waals surface area (Å²) in [6, 6.07) is -1.14. The van der Waals surface area contributed by atoms with Crippen LogP contribution in [0.15, 0.2) is 0 Å². The molecule has 0 aliphatic carbocycles. The molecular weight excluding hydrogens is 1050 g/mol. The van der Waals surface area contributed by atoms with Gasteiger partial charge in [0.15, 0.2) is 18.9 Å². The van der Waals surface area contributed by atoms with Gasteiger partial charge in [0.05, 0.1) is 50.8 Å². The smallest absolute Gasteiger partial charge is 0.220 e. The summed E-state index contributed by atoms with van der Waals surface area (Å²) in [5.41, 5.74) is 0. The molecule has 480 valence electrons. The number of hydrogen-bond acceptors (Lipinski definition) is 18. The van der Waals surface area contributed by atoms with Crippen molar-refractivity contribution >= 4 is 5.91 Å². The van der Waals surface area contributed by atoms with E-state index in [4.69, 9.17) is 28.4 Å². The third kappa shape index (κ3) is 29.8. The number of carbonyl (C=O) groups is 1. The zero-order valence-electron chi connectivity index (χ0n) is 50.3. The Morgan fingerprint density at radius 3 is 1.31 bits per heavy atom. The van der Waals surface area contributed by atoms with Crippen LogP contribution in [0.3, 0.4) is 0 Å². The van der Waals surface area contributed by atoms with Crippen molar-refractivity contribution in [1.82, 2.24) is 5.32 Å². The van der Waals surface area contributed by atoms with Crippen molar-refractivity contribution in [2.75, 3.05) is 26.4 Å². The van der Waals surface area contributed by atoms with Crippen molar-refractivity contribution in [1.29, 1.82) is 0 Å². The Bertz CT molecular complexity index is 1490. The molecule has 0 aromatic rings. The van der Waals surface area contributed by atoms with E-state index < -0.39 is 131 Å². The SMILES string of the molecule is CCCCCCCCCCCCCCCCCCCCCCCCCC(=O)N[C@@H](CO[C@@H]1O[C@H](CO)[C@@H](O[C@@H]2O[C@H](CO)[C@H](O)[C@H](O[C@H]3O[C@H](CO)C[C@H](O)[C@H]3O)[C@H]2O)[C@H](O)[C@H]1O)[C@H](O)[C@H](O)CCCCCCCCCCCCCC. The van der Waals surface area contributed by atoms with Crippen LogP contribution in [-0.4, -0.2) is 193 Å². The van der Waals surface area contributed by atoms with Gasteiger partial charge in [-0.15, -0.1) is 0 Å². The molecule has 0 unspecified atom stereocenters. The van der Waals surface area contributed by atoms with E-state index >= 15 is 0 Å². The molecule has 3 rings (SSSR count). The van der Waals surface area contributed by atoms with E-state index in [1.807, 2.05) is 0 Å². The van der Waals surface area contributed by atoms with Gasteiger partial charge in [-0.1, -0.05) is 232 Å². The molecule has 3 saturated heterocycles. The maximum Gasteiger partial charge on any atom is 0.220 e. The standard InChI is InChI=1S/C62H119NO18/c1-3-5-7-9-11-13-15-17-18-19-20-21-22-23-24-25-26-27-29-31-33-35-37-39-51(69)63-46(52(70)47(67)38-36-34-32-30-28-16-14-12-10-8-6-4-2)44-76-60-56(74)55(73)58(50(43-66)79-60)80-62-57(75)59(54(72)49(42-65)78-62)81-61-53(71)48(68)40-45(41-64)77-61/h45-50,52-62,64-68,70-75H,3-44H2,1-2H3,(H,63,69)/t45-,46-,47+,48-,49+,50+,52-,53+,54-,55+,56+,57+,58+,59-,60+,61+,62-/m0/s1. The Hall–Kier alpha value is -1.21. The zero-order valence-corrected chi connectivity index (χ0v) is 50.3. The monoisotopic (exact) mass is 1170 g/mol. The lowest BCUT2D eigenvalue weighted by Gasteiger charge is -2.48. The molecule has 0 saturated carbocycles. The maximum absolute atomic E-state index is 13.4. The second-order valence-corrected chi connectivity index (χ2v) is 24.0. The Morgan fingerprint density at radius 1 is 0.457 bits per heavy atom. The topological polar surface area (TPSA) is 307 Å². The van der Waals surface area contributed by atoms with Gasteiger partial charge in [0.1, 0.15) is 61.0 Å². The number of ether oxygens (including phenoxy) is 6. The van der Waals surface area contributed by atoms with Gasteiger partial charge in [-0.2, -0.15) is 0 Å². The molecule has 0 spiro atoms. The molecular formula is C62H119NO18. The second kappa shape index (κ2) is 46.0. The number of hydrogen-bond donors (Lipinski definition) is 12. The van der Waals surface area contributed by atoms with E-state index in [9.17, 15) is 61.0 Å². The van der Waals surface area contributed by atoms with Crippen molar-refractivity contribution < 1.29 is 89.4 Å². The summed E-state index contributed by atoms with van der Waals surface area (Å²) >= 11 is 0. The lowest BCUT2D eigenvalue weighted by molar-refractivity contribution is -0.377. The molecule has 3 aliphatic heterocycles. The first-order valence-corrected chi connectivity index (χ1v) is 32.8. The first kappa shape index (κ1) is 74.0. The molecule has 19 nitrogen and oxygen atoms in total. The summed E-state index contributed by atoms with van der Waals surface area (Å²) in [6.07, 6.45) is 17.9. The summed E-state index contributed by atoms with van der Waals surface area (Å²) in [5.74, 6) is -0.343. The second-order valence-electron chi connectivity index (χ2n) is 24.0. The largest absolute Gasteiger partial charge is 0.394 e. The number of rotatable bonds is 50. The average molecular weight is 1170 g/mol. The van der Waals surface area contributed by atoms with Gasteiger partial charge in [0.2, 0.25) is 5.91 Å². The van der Waals surface area contributed by atoms with Crippen LogP contribution in [0.4, 0.5) is 0 Å². The highest BCUT2D eigenvalue weighted by molar-refractivity contribution is 5.76. The van der Waals surface area contributed by atoms with Crippen LogP contribution in [-0.2, 0) is 33.2 Å². The van der Waals surface area contributed by atoms with Crippen LogP contribution in [0.25, 0.3) is 0 Å². The number of aliphatic hydroxyl groups is 11. The van der Waals surface area contributed by atoms with E-state index in [2.05, 4.69) is 19.2 Å². The van der Waals surface area contributed by atoms with Crippen LogP contribution >= 0.6 is 0 Å². The predicted octanol–water partition coefficient (Wildman–Crippen LogP) is 7.16. The molecule has 3 aliphatic rings. The van der Waals surface area contributed by atoms with Crippen LogP contribution < -0.4 is 5.32 Å². The van der Waals surface area contributed by atoms with E-state index in [-0.39, 0.29) is 25.2 Å². The van der Waals surface area contributed by atoms with Crippen molar-refractivity contribution in [3.8, 4) is 0 Å². The van der Waals surface area contributed by atoms with Gasteiger partial charge in [-0.3, -0.25) is 4.79 Å². The number of unbranched alkanes of at least 4 members (excludes halogenated alkanes) is 33. The van der Waals surface area contributed by atoms with Crippen molar-refractivity contribution in [3.05, 3.63) is 0 Å². The Labute approximate surface area is 487 Å². The van der Waals surface area contributed by atoms with Crippen molar-refractivity contribution in [2.45, 2.75) is 362 Å². The minimum Gasteiger partial charge on any atom is -0.394 e. The van der Waals surface area contributed by atoms with Gasteiger partial charge < -0.3 is 89.9 Å². The number of nitrogens with one attached hydrogen (secondary N) is 1. The summed E-state index contributed by atoms with van der Waals surface area (Å²) in [7, 11) is 0. The Kier molecular flexibility index (Phi) is 42.1. The van der Waals surface area contributed by atoms with Gasteiger partial charge in [-0.25, -0.2) is 0 Å². The van der Waals surface area contributed by atoms with Crippen LogP contribution in [0.1, 0.15) is 258 Å². The molecule has 81 heavy (non-hydrogen) atoms. The molecule has 1 amide bonds. The van der Waals surface area contributed by atoms with Crippen molar-refractivity contribution in [2.24, 2.45) is 0 Å². The molecule has 0 bridgehead atoms. The third-order valence-electron chi connectivity index (χ3n) is 16.9. The Morgan fingerprint density at radius 2 is 0.864 bits per heavy atom. The maximum atomic E-state index is 13.4. The minimum atomic E-state index is -1.92. The highest BCUT2D eigenvalue weighted by Gasteiger charge is 2.53. The van der Waals surface area contributed by atoms with Crippen LogP contribution in [0, 0.1) is 0 Å². The zero-order chi connectivity index (χ0) is 59.0. The summed E-state index contributed by atoms with van der Waals surface area (Å²) < 4.78 is 34.5. The first-order valence-electron chi connectivity index (χ1n) is 32.8. The van der Waals surface area contributed by atoms with E-state index in [0.717, 1.165) is 38.5 Å². The summed E-state index contributed by atoms with van der Waals surface area (Å²) in [4.78, 5) is 13.4. The van der Waals surface area contributed by atoms with E-state index in [0.29, 0.717) is 12.8 Å². The molecule has 12 N–H and O–H groups in total. The number of carbonyl (C=O) groups excluding carboxylic acids is 1. The Balaban J connectivity index is 1.46. The fourth-order valence-corrected chi connectivity index (χ4v) is 11.5. The molecule has 3 fully saturated rings. The summed E-state index contributed by atoms with van der Waals surface area (Å²) in [6.45, 7) is 1.88. The van der Waals surface area contributed by atoms with Crippen LogP contribution in [0.2, 0.25) is 0 Å². The fraction of sp³-hybridized carbons (Fsp3) is 0.984. The molecule has 19 heteroatoms. The number of amides is 1. The van der Waals surface area contributed by atoms with Crippen molar-refractivity contribution in [3.63, 3.8) is 0 Å². The van der Waals surface area contributed by atoms with Gasteiger partial charge >= 0.3 is 0 Å². The van der Waals surface area contributed by atoms with Gasteiger partial charge in [-0.05, 0) is 12.8 Å². The minimum absolute atomic E-state index is 0.117. The number of aliphatic hydroxyl groups excluding tert-OH is 11. The molecule has 0 radical (unpaired) electrons. The summed E-state index contributed by atoms with van der Waals surface area (Å²) in [5, 5.41) is 122. The van der Waals surface area contributed by atoms with Crippen LogP contribution in [0.5, 0.6) is 0 Å². The molecule has 3 heterocycles. The highest BCUT2D eigenvalue weighted by Crippen LogP contribution is 2.33. The first-order chi connectivity index (χ1) is 39.3. The normalized spacial score (nSPS) is 29.2. The van der Waals surface area contributed by atoms with E-state index in [1.165, 1.54) is 173 Å². The van der Waals surface area contributed by atoms with E-state index in [1.54, 1.807) is 0 Å². The molecule has 0 aromatic carbocycles. The molecule has 0 aromatic heterocycles. The quantitative estimate of drug-likeness (QED) is 0.0269.